The minimum Gasteiger partial charge on any atom is -0.316 e. The van der Waals surface area contributed by atoms with Gasteiger partial charge in [-0.3, -0.25) is 4.90 Å². The third-order valence-electron chi connectivity index (χ3n) is 4.64. The van der Waals surface area contributed by atoms with Crippen LogP contribution in [0.3, 0.4) is 0 Å². The SMILES string of the molecule is CC(c1ccc(F)cc1)N1CCC2CNCC2C1.Cl. The Morgan fingerprint density at radius 2 is 1.89 bits per heavy atom. The molecule has 3 atom stereocenters. The number of piperidine rings is 1. The smallest absolute Gasteiger partial charge is 0.123 e. The standard InChI is InChI=1S/C15H21FN2.ClH/c1-11(12-2-4-15(16)5-3-12)18-7-6-13-8-17-9-14(13)10-18;/h2-5,11,13-14,17H,6-10H2,1H3;1H. The molecule has 2 aliphatic rings. The van der Waals surface area contributed by atoms with E-state index in [0.717, 1.165) is 18.4 Å². The lowest BCUT2D eigenvalue weighted by atomic mass is 9.87. The van der Waals surface area contributed by atoms with Gasteiger partial charge in [-0.05, 0) is 62.5 Å². The molecule has 3 rings (SSSR count). The second-order valence-corrected chi connectivity index (χ2v) is 5.69. The predicted molar refractivity (Wildman–Crippen MR) is 78.1 cm³/mol. The minimum absolute atomic E-state index is 0. The van der Waals surface area contributed by atoms with E-state index in [0.29, 0.717) is 6.04 Å². The van der Waals surface area contributed by atoms with Crippen LogP contribution in [-0.2, 0) is 0 Å². The van der Waals surface area contributed by atoms with Crippen LogP contribution in [0.1, 0.15) is 24.9 Å². The lowest BCUT2D eigenvalue weighted by molar-refractivity contribution is 0.111. The fourth-order valence-electron chi connectivity index (χ4n) is 3.37. The average Bonchev–Trinajstić information content (AvgIpc) is 2.86. The van der Waals surface area contributed by atoms with Gasteiger partial charge in [-0.25, -0.2) is 4.39 Å². The quantitative estimate of drug-likeness (QED) is 0.898. The molecule has 3 unspecified atom stereocenters. The Labute approximate surface area is 120 Å². The number of fused-ring (bicyclic) bond motifs is 1. The van der Waals surface area contributed by atoms with Crippen molar-refractivity contribution in [3.8, 4) is 0 Å². The van der Waals surface area contributed by atoms with Crippen LogP contribution in [0.25, 0.3) is 0 Å². The maximum atomic E-state index is 12.9. The average molecular weight is 285 g/mol. The van der Waals surface area contributed by atoms with Gasteiger partial charge in [0.25, 0.3) is 0 Å². The second-order valence-electron chi connectivity index (χ2n) is 5.69. The zero-order valence-corrected chi connectivity index (χ0v) is 12.1. The summed E-state index contributed by atoms with van der Waals surface area (Å²) in [6, 6.07) is 7.36. The van der Waals surface area contributed by atoms with E-state index >= 15 is 0 Å². The van der Waals surface area contributed by atoms with Crippen molar-refractivity contribution >= 4 is 12.4 Å². The number of nitrogens with one attached hydrogen (secondary N) is 1. The molecule has 2 heterocycles. The van der Waals surface area contributed by atoms with E-state index in [1.54, 1.807) is 12.1 Å². The van der Waals surface area contributed by atoms with Gasteiger partial charge in [0, 0.05) is 12.6 Å². The highest BCUT2D eigenvalue weighted by Crippen LogP contribution is 2.31. The zero-order valence-electron chi connectivity index (χ0n) is 11.3. The monoisotopic (exact) mass is 284 g/mol. The van der Waals surface area contributed by atoms with Crippen molar-refractivity contribution in [3.05, 3.63) is 35.6 Å². The van der Waals surface area contributed by atoms with Gasteiger partial charge in [-0.15, -0.1) is 12.4 Å². The first-order valence-electron chi connectivity index (χ1n) is 6.94. The van der Waals surface area contributed by atoms with Crippen LogP contribution >= 0.6 is 12.4 Å². The van der Waals surface area contributed by atoms with Gasteiger partial charge in [0.1, 0.15) is 5.82 Å². The maximum Gasteiger partial charge on any atom is 0.123 e. The Balaban J connectivity index is 0.00000133. The number of rotatable bonds is 2. The molecule has 1 N–H and O–H groups in total. The molecular weight excluding hydrogens is 263 g/mol. The number of benzene rings is 1. The van der Waals surface area contributed by atoms with Gasteiger partial charge >= 0.3 is 0 Å². The van der Waals surface area contributed by atoms with E-state index in [2.05, 4.69) is 17.1 Å². The fraction of sp³-hybridized carbons (Fsp3) is 0.600. The molecule has 19 heavy (non-hydrogen) atoms. The normalized spacial score (nSPS) is 28.5. The molecule has 0 amide bonds. The second kappa shape index (κ2) is 6.21. The summed E-state index contributed by atoms with van der Waals surface area (Å²) < 4.78 is 12.9. The lowest BCUT2D eigenvalue weighted by Gasteiger charge is -2.38. The summed E-state index contributed by atoms with van der Waals surface area (Å²) in [5.41, 5.74) is 1.22. The Hall–Kier alpha value is -0.640. The van der Waals surface area contributed by atoms with E-state index in [9.17, 15) is 4.39 Å². The lowest BCUT2D eigenvalue weighted by Crippen LogP contribution is -2.41. The van der Waals surface area contributed by atoms with E-state index in [1.807, 2.05) is 12.1 Å². The molecule has 0 saturated carbocycles. The molecule has 2 fully saturated rings. The molecule has 0 aromatic heterocycles. The van der Waals surface area contributed by atoms with Crippen molar-refractivity contribution in [1.82, 2.24) is 10.2 Å². The van der Waals surface area contributed by atoms with Crippen LogP contribution in [0.15, 0.2) is 24.3 Å². The van der Waals surface area contributed by atoms with E-state index in [1.165, 1.54) is 31.6 Å². The number of halogens is 2. The highest BCUT2D eigenvalue weighted by Gasteiger charge is 2.34. The first-order chi connectivity index (χ1) is 8.74. The summed E-state index contributed by atoms with van der Waals surface area (Å²) in [4.78, 5) is 2.54. The summed E-state index contributed by atoms with van der Waals surface area (Å²) in [7, 11) is 0. The molecule has 4 heteroatoms. The molecule has 0 aliphatic carbocycles. The fourth-order valence-corrected chi connectivity index (χ4v) is 3.37. The van der Waals surface area contributed by atoms with Crippen molar-refractivity contribution in [1.29, 1.82) is 0 Å². The molecule has 106 valence electrons. The van der Waals surface area contributed by atoms with Crippen molar-refractivity contribution in [2.75, 3.05) is 26.2 Å². The molecule has 2 nitrogen and oxygen atoms in total. The van der Waals surface area contributed by atoms with Crippen molar-refractivity contribution in [3.63, 3.8) is 0 Å². The third-order valence-corrected chi connectivity index (χ3v) is 4.64. The van der Waals surface area contributed by atoms with E-state index in [4.69, 9.17) is 0 Å². The Morgan fingerprint density at radius 1 is 1.21 bits per heavy atom. The summed E-state index contributed by atoms with van der Waals surface area (Å²) in [6.45, 7) is 6.94. The molecule has 0 spiro atoms. The van der Waals surface area contributed by atoms with Gasteiger partial charge < -0.3 is 5.32 Å². The van der Waals surface area contributed by atoms with Crippen LogP contribution in [0, 0.1) is 17.7 Å². The Morgan fingerprint density at radius 3 is 2.63 bits per heavy atom. The van der Waals surface area contributed by atoms with Crippen molar-refractivity contribution < 1.29 is 4.39 Å². The number of hydrogen-bond acceptors (Lipinski definition) is 2. The number of likely N-dealkylation sites (tertiary alicyclic amines) is 1. The van der Waals surface area contributed by atoms with Crippen molar-refractivity contribution in [2.24, 2.45) is 11.8 Å². The molecule has 0 radical (unpaired) electrons. The predicted octanol–water partition coefficient (Wildman–Crippen LogP) is 2.85. The van der Waals surface area contributed by atoms with Gasteiger partial charge in [-0.1, -0.05) is 12.1 Å². The Bertz CT molecular complexity index is 409. The minimum atomic E-state index is -0.148. The maximum absolute atomic E-state index is 12.9. The van der Waals surface area contributed by atoms with Gasteiger partial charge in [-0.2, -0.15) is 0 Å². The summed E-state index contributed by atoms with van der Waals surface area (Å²) in [6.07, 6.45) is 1.29. The van der Waals surface area contributed by atoms with Gasteiger partial charge in [0.2, 0.25) is 0 Å². The van der Waals surface area contributed by atoms with Gasteiger partial charge in [0.05, 0.1) is 0 Å². The van der Waals surface area contributed by atoms with Gasteiger partial charge in [0.15, 0.2) is 0 Å². The zero-order chi connectivity index (χ0) is 12.5. The summed E-state index contributed by atoms with van der Waals surface area (Å²) >= 11 is 0. The van der Waals surface area contributed by atoms with Crippen LogP contribution in [0.5, 0.6) is 0 Å². The topological polar surface area (TPSA) is 15.3 Å². The van der Waals surface area contributed by atoms with Crippen LogP contribution in [-0.4, -0.2) is 31.1 Å². The number of hydrogen-bond donors (Lipinski definition) is 1. The first kappa shape index (κ1) is 14.8. The first-order valence-corrected chi connectivity index (χ1v) is 6.94. The largest absolute Gasteiger partial charge is 0.316 e. The Kier molecular flexibility index (Phi) is 4.82. The molecule has 1 aromatic rings. The molecule has 2 aliphatic heterocycles. The third kappa shape index (κ3) is 3.10. The highest BCUT2D eigenvalue weighted by atomic mass is 35.5. The van der Waals surface area contributed by atoms with Crippen LogP contribution in [0.4, 0.5) is 4.39 Å². The highest BCUT2D eigenvalue weighted by molar-refractivity contribution is 5.85. The van der Waals surface area contributed by atoms with Crippen LogP contribution < -0.4 is 5.32 Å². The molecule has 2 saturated heterocycles. The molecular formula is C15H22ClFN2. The summed E-state index contributed by atoms with van der Waals surface area (Å²) in [5.74, 6) is 1.54. The van der Waals surface area contributed by atoms with Crippen LogP contribution in [0.2, 0.25) is 0 Å². The molecule has 1 aromatic carbocycles. The van der Waals surface area contributed by atoms with E-state index in [-0.39, 0.29) is 18.2 Å². The number of nitrogens with zero attached hydrogens (tertiary/aromatic N) is 1. The summed E-state index contributed by atoms with van der Waals surface area (Å²) in [5, 5.41) is 3.49. The molecule has 0 bridgehead atoms. The van der Waals surface area contributed by atoms with E-state index < -0.39 is 0 Å². The van der Waals surface area contributed by atoms with Crippen molar-refractivity contribution in [2.45, 2.75) is 19.4 Å².